The number of aliphatic hydroxyl groups is 2. The van der Waals surface area contributed by atoms with Gasteiger partial charge >= 0.3 is 18.5 Å². The SMILES string of the molecule is C.C.C.CC[B]COS(=O)(=O)[O-].CN1CCN(C)CC1.C[N+]1(C)CC[N+](C)(C)CC1.O=C=O.O=C=O.O=C=O.OC[B]CO. The molecule has 2 N–H and O–H groups in total. The summed E-state index contributed by atoms with van der Waals surface area (Å²) in [7, 11) is 12.1. The number of rotatable bonds is 6. The standard InChI is InChI=1S/C8H20N2.C6H14N2.C3H8BO4S.C2H6BO2.3CO2.3CH4/c1-9(2)5-7-10(3,4)8-6-9;1-7-3-5-8(2)6-4-7;1-2-4-3-8-9(5,6)7;4-1-3-2-5;3*2-1-3;;;/h5-8H2,1-4H3;3-6H2,1-2H3;2-3H2,1H3,(H,5,6,7);4-5H,1-2H2;;;;3*1H4/q+2;;;;;;;;;/p-1. The second kappa shape index (κ2) is 40.9. The van der Waals surface area contributed by atoms with Gasteiger partial charge in [-0.2, -0.15) is 28.8 Å². The fraction of sp³-hybridized carbons (Fsp3) is 0.880. The molecule has 44 heavy (non-hydrogen) atoms. The molecule has 2 aliphatic heterocycles. The molecule has 0 atom stereocenters. The van der Waals surface area contributed by atoms with Crippen LogP contribution in [0.1, 0.15) is 29.2 Å². The molecular weight excluding hydrogens is 602 g/mol. The number of hydrogen-bond donors (Lipinski definition) is 2. The summed E-state index contributed by atoms with van der Waals surface area (Å²) in [6, 6.07) is 0. The van der Waals surface area contributed by atoms with Gasteiger partial charge in [-0.05, 0) is 14.1 Å². The first-order chi connectivity index (χ1) is 18.9. The molecule has 0 aromatic heterocycles. The van der Waals surface area contributed by atoms with E-state index in [4.69, 9.17) is 39.0 Å². The second-order valence-corrected chi connectivity index (χ2v) is 10.7. The van der Waals surface area contributed by atoms with Crippen LogP contribution in [0.15, 0.2) is 0 Å². The lowest BCUT2D eigenvalue weighted by Crippen LogP contribution is -2.60. The second-order valence-electron chi connectivity index (χ2n) is 9.67. The molecule has 2 aliphatic rings. The average Bonchev–Trinajstić information content (AvgIpc) is 2.86. The van der Waals surface area contributed by atoms with Gasteiger partial charge in [-0.3, -0.25) is 4.18 Å². The zero-order valence-electron chi connectivity index (χ0n) is 25.3. The minimum absolute atomic E-state index is 0. The number of nitrogens with zero attached hydrogens (tertiary/aromatic N) is 4. The monoisotopic (exact) mass is 661 g/mol. The van der Waals surface area contributed by atoms with Crippen LogP contribution in [0.4, 0.5) is 0 Å². The van der Waals surface area contributed by atoms with Gasteiger partial charge in [-0.15, -0.1) is 0 Å². The Morgan fingerprint density at radius 3 is 1.11 bits per heavy atom. The number of likely N-dealkylation sites (N-methyl/N-ethyl adjacent to an activating group) is 4. The minimum Gasteiger partial charge on any atom is -0.726 e. The first-order valence-electron chi connectivity index (χ1n) is 12.4. The predicted octanol–water partition coefficient (Wildman–Crippen LogP) is -1.67. The van der Waals surface area contributed by atoms with Gasteiger partial charge < -0.3 is 33.5 Å². The van der Waals surface area contributed by atoms with Gasteiger partial charge in [0, 0.05) is 45.7 Å². The van der Waals surface area contributed by atoms with Crippen LogP contribution in [-0.2, 0) is 43.3 Å². The number of aliphatic hydroxyl groups excluding tert-OH is 2. The van der Waals surface area contributed by atoms with Crippen LogP contribution in [0.5, 0.6) is 0 Å². The van der Waals surface area contributed by atoms with Crippen LogP contribution < -0.4 is 0 Å². The van der Waals surface area contributed by atoms with Crippen LogP contribution >= 0.6 is 0 Å². The van der Waals surface area contributed by atoms with Crippen molar-refractivity contribution >= 4 is 43.4 Å². The Hall–Kier alpha value is -2.10. The van der Waals surface area contributed by atoms with E-state index < -0.39 is 10.4 Å². The highest BCUT2D eigenvalue weighted by Crippen LogP contribution is 2.09. The third-order valence-electron chi connectivity index (χ3n) is 5.23. The van der Waals surface area contributed by atoms with Gasteiger partial charge in [-0.1, -0.05) is 35.5 Å². The molecule has 0 bridgehead atoms. The van der Waals surface area contributed by atoms with Crippen LogP contribution in [0, 0.1) is 0 Å². The molecule has 0 aromatic rings. The van der Waals surface area contributed by atoms with Gasteiger partial charge in [0.15, 0.2) is 7.28 Å². The summed E-state index contributed by atoms with van der Waals surface area (Å²) in [6.07, 6.45) is 1.44. The molecule has 2 saturated heterocycles. The summed E-state index contributed by atoms with van der Waals surface area (Å²) in [5.41, 5.74) is 0. The van der Waals surface area contributed by atoms with Gasteiger partial charge in [0.2, 0.25) is 10.4 Å². The van der Waals surface area contributed by atoms with Crippen molar-refractivity contribution in [2.45, 2.75) is 35.5 Å². The lowest BCUT2D eigenvalue weighted by Gasteiger charge is -2.42. The maximum Gasteiger partial charge on any atom is 0.373 e. The van der Waals surface area contributed by atoms with E-state index in [9.17, 15) is 13.0 Å². The Morgan fingerprint density at radius 1 is 0.705 bits per heavy atom. The molecule has 2 fully saturated rings. The van der Waals surface area contributed by atoms with Crippen molar-refractivity contribution in [3.05, 3.63) is 0 Å². The van der Waals surface area contributed by atoms with Crippen molar-refractivity contribution in [3.8, 4) is 0 Å². The first-order valence-corrected chi connectivity index (χ1v) is 13.7. The molecule has 0 unspecified atom stereocenters. The van der Waals surface area contributed by atoms with Gasteiger partial charge in [0.25, 0.3) is 0 Å². The molecule has 262 valence electrons. The van der Waals surface area contributed by atoms with E-state index in [1.807, 2.05) is 6.92 Å². The highest BCUT2D eigenvalue weighted by molar-refractivity contribution is 7.80. The highest BCUT2D eigenvalue weighted by atomic mass is 32.3. The average molecular weight is 661 g/mol. The van der Waals surface area contributed by atoms with Crippen LogP contribution in [-0.4, -0.2) is 189 Å². The summed E-state index contributed by atoms with van der Waals surface area (Å²) in [6.45, 7) is 11.9. The Labute approximate surface area is 267 Å². The molecule has 0 spiro atoms. The van der Waals surface area contributed by atoms with Crippen molar-refractivity contribution in [3.63, 3.8) is 0 Å². The lowest BCUT2D eigenvalue weighted by atomic mass is 9.77. The molecule has 0 saturated carbocycles. The maximum absolute atomic E-state index is 9.71. The fourth-order valence-corrected chi connectivity index (χ4v) is 2.78. The van der Waals surface area contributed by atoms with Crippen molar-refractivity contribution in [2.75, 3.05) is 114 Å². The lowest BCUT2D eigenvalue weighted by molar-refractivity contribution is -0.998. The fourth-order valence-electron chi connectivity index (χ4n) is 2.52. The Bertz CT molecular complexity index is 728. The van der Waals surface area contributed by atoms with Crippen LogP contribution in [0.25, 0.3) is 0 Å². The number of quaternary nitrogens is 2. The summed E-state index contributed by atoms with van der Waals surface area (Å²) in [4.78, 5) is 53.5. The summed E-state index contributed by atoms with van der Waals surface area (Å²) in [5, 5.41) is 15.7. The molecule has 16 nitrogen and oxygen atoms in total. The number of carbonyl (C=O) groups excluding carboxylic acids is 6. The Kier molecular flexibility index (Phi) is 56.7. The van der Waals surface area contributed by atoms with Crippen molar-refractivity contribution in [1.29, 1.82) is 0 Å². The predicted molar refractivity (Wildman–Crippen MR) is 166 cm³/mol. The van der Waals surface area contributed by atoms with E-state index >= 15 is 0 Å². The van der Waals surface area contributed by atoms with Gasteiger partial charge in [0.05, 0.1) is 28.2 Å². The van der Waals surface area contributed by atoms with E-state index in [1.54, 1.807) is 7.28 Å². The topological polar surface area (TPSA) is 216 Å². The van der Waals surface area contributed by atoms with Crippen molar-refractivity contribution in [2.24, 2.45) is 0 Å². The smallest absolute Gasteiger partial charge is 0.373 e. The third kappa shape index (κ3) is 67.5. The summed E-state index contributed by atoms with van der Waals surface area (Å²) in [5.74, 6) is 0. The number of piperazine rings is 2. The molecule has 2 rings (SSSR count). The minimum atomic E-state index is -4.48. The van der Waals surface area contributed by atoms with Crippen LogP contribution in [0.3, 0.4) is 0 Å². The van der Waals surface area contributed by atoms with E-state index in [1.165, 1.54) is 68.6 Å². The highest BCUT2D eigenvalue weighted by Gasteiger charge is 2.30. The normalized spacial score (nSPS) is 15.3. The van der Waals surface area contributed by atoms with Crippen molar-refractivity contribution < 1.29 is 65.1 Å². The molecule has 0 aromatic carbocycles. The largest absolute Gasteiger partial charge is 0.726 e. The van der Waals surface area contributed by atoms with E-state index in [-0.39, 0.29) is 60.3 Å². The van der Waals surface area contributed by atoms with E-state index in [0.29, 0.717) is 6.32 Å². The van der Waals surface area contributed by atoms with Crippen molar-refractivity contribution in [1.82, 2.24) is 9.80 Å². The molecule has 0 amide bonds. The molecule has 2 radical (unpaired) electrons. The number of hydrogen-bond acceptors (Lipinski definition) is 14. The molecular formula is C25H59B2N4O12S+. The van der Waals surface area contributed by atoms with Gasteiger partial charge in [-0.25, -0.2) is 8.42 Å². The maximum atomic E-state index is 9.71. The Morgan fingerprint density at radius 2 is 0.955 bits per heavy atom. The Balaban J connectivity index is -0.0000000596. The molecule has 19 heteroatoms. The van der Waals surface area contributed by atoms with Crippen LogP contribution in [0.2, 0.25) is 6.32 Å². The van der Waals surface area contributed by atoms with E-state index in [2.05, 4.69) is 56.3 Å². The quantitative estimate of drug-likeness (QED) is 0.107. The first kappa shape index (κ1) is 61.0. The molecule has 2 heterocycles. The molecule has 0 aliphatic carbocycles. The zero-order chi connectivity index (χ0) is 33.4. The summed E-state index contributed by atoms with van der Waals surface area (Å²) >= 11 is 0. The summed E-state index contributed by atoms with van der Waals surface area (Å²) < 4.78 is 35.4. The third-order valence-corrected chi connectivity index (χ3v) is 5.65. The zero-order valence-corrected chi connectivity index (χ0v) is 26.1. The van der Waals surface area contributed by atoms with Gasteiger partial charge in [0.1, 0.15) is 33.5 Å². The van der Waals surface area contributed by atoms with E-state index in [0.717, 1.165) is 0 Å².